The van der Waals surface area contributed by atoms with Crippen molar-refractivity contribution in [1.29, 1.82) is 0 Å². The van der Waals surface area contributed by atoms with Crippen LogP contribution in [0.4, 0.5) is 0 Å². The topological polar surface area (TPSA) is 17.1 Å². The zero-order valence-corrected chi connectivity index (χ0v) is 11.1. The van der Waals surface area contributed by atoms with Gasteiger partial charge in [-0.15, -0.1) is 23.2 Å². The van der Waals surface area contributed by atoms with Crippen molar-refractivity contribution in [3.05, 3.63) is 0 Å². The van der Waals surface area contributed by atoms with Gasteiger partial charge in [-0.1, -0.05) is 19.6 Å². The molecule has 0 aliphatic rings. The lowest BCUT2D eigenvalue weighted by molar-refractivity contribution is 0.682. The van der Waals surface area contributed by atoms with Gasteiger partial charge in [-0.2, -0.15) is 0 Å². The monoisotopic (exact) mass is 246 g/mol. The van der Waals surface area contributed by atoms with Crippen molar-refractivity contribution in [3.63, 3.8) is 0 Å². The van der Waals surface area contributed by atoms with Crippen LogP contribution in [-0.2, 0) is 10.8 Å². The average molecular weight is 247 g/mol. The van der Waals surface area contributed by atoms with Gasteiger partial charge in [-0.3, -0.25) is 4.21 Å². The Kier molecular flexibility index (Phi) is 6.07. The smallest absolute Gasteiger partial charge is 0.122 e. The maximum atomic E-state index is 11.3. The summed E-state index contributed by atoms with van der Waals surface area (Å²) in [6.07, 6.45) is 0. The number of halogens is 2. The van der Waals surface area contributed by atoms with Gasteiger partial charge in [0.2, 0.25) is 0 Å². The second kappa shape index (κ2) is 5.63. The van der Waals surface area contributed by atoms with Crippen LogP contribution in [0.15, 0.2) is 0 Å². The molecule has 0 aromatic carbocycles. The molecule has 0 radical (unpaired) electrons. The van der Waals surface area contributed by atoms with Crippen molar-refractivity contribution in [2.75, 3.05) is 11.6 Å². The lowest BCUT2D eigenvalue weighted by atomic mass is 10.9. The minimum absolute atomic E-state index is 0.278. The number of alkyl halides is 2. The normalized spacial score (nSPS) is 17.4. The van der Waals surface area contributed by atoms with Crippen molar-refractivity contribution in [2.45, 2.75) is 30.4 Å². The van der Waals surface area contributed by atoms with Gasteiger partial charge in [0, 0.05) is 24.6 Å². The highest BCUT2D eigenvalue weighted by atomic mass is 35.5. The SMILES string of the molecule is C[Si](C)(C)CCS(=O)C(Cl)CCl. The first-order valence-electron chi connectivity index (χ1n) is 3.94. The Morgan fingerprint density at radius 3 is 2.25 bits per heavy atom. The Balaban J connectivity index is 3.72. The van der Waals surface area contributed by atoms with E-state index in [9.17, 15) is 4.21 Å². The molecule has 0 aliphatic heterocycles. The number of rotatable bonds is 5. The van der Waals surface area contributed by atoms with Crippen LogP contribution in [0.2, 0.25) is 25.7 Å². The Morgan fingerprint density at radius 1 is 1.42 bits per heavy atom. The lowest BCUT2D eigenvalue weighted by Gasteiger charge is -2.15. The summed E-state index contributed by atoms with van der Waals surface area (Å²) in [5.41, 5.74) is 0. The molecule has 0 saturated carbocycles. The van der Waals surface area contributed by atoms with Gasteiger partial charge in [0.25, 0.3) is 0 Å². The maximum Gasteiger partial charge on any atom is 0.122 e. The van der Waals surface area contributed by atoms with E-state index in [4.69, 9.17) is 23.2 Å². The number of hydrogen-bond donors (Lipinski definition) is 0. The van der Waals surface area contributed by atoms with Crippen LogP contribution >= 0.6 is 23.2 Å². The first-order valence-corrected chi connectivity index (χ1v) is 10.00. The second-order valence-electron chi connectivity index (χ2n) is 3.96. The molecule has 0 rings (SSSR count). The van der Waals surface area contributed by atoms with Crippen LogP contribution in [0.25, 0.3) is 0 Å². The highest BCUT2D eigenvalue weighted by molar-refractivity contribution is 7.87. The summed E-state index contributed by atoms with van der Waals surface area (Å²) in [5, 5.41) is 0. The average Bonchev–Trinajstić information content (AvgIpc) is 1.97. The van der Waals surface area contributed by atoms with Crippen LogP contribution in [0.3, 0.4) is 0 Å². The lowest BCUT2D eigenvalue weighted by Crippen LogP contribution is -2.24. The van der Waals surface area contributed by atoms with E-state index in [2.05, 4.69) is 19.6 Å². The molecule has 0 heterocycles. The molecule has 5 heteroatoms. The molecule has 0 fully saturated rings. The van der Waals surface area contributed by atoms with Crippen LogP contribution in [-0.4, -0.2) is 28.6 Å². The minimum atomic E-state index is -1.07. The molecule has 2 atom stereocenters. The van der Waals surface area contributed by atoms with Gasteiger partial charge in [0.15, 0.2) is 0 Å². The fraction of sp³-hybridized carbons (Fsp3) is 1.00. The van der Waals surface area contributed by atoms with Gasteiger partial charge >= 0.3 is 0 Å². The molecule has 0 aliphatic carbocycles. The molecule has 12 heavy (non-hydrogen) atoms. The summed E-state index contributed by atoms with van der Waals surface area (Å²) in [6, 6.07) is 1.06. The van der Waals surface area contributed by atoms with Gasteiger partial charge < -0.3 is 0 Å². The van der Waals surface area contributed by atoms with E-state index in [1.165, 1.54) is 0 Å². The zero-order valence-electron chi connectivity index (χ0n) is 7.77. The van der Waals surface area contributed by atoms with Crippen LogP contribution in [0, 0.1) is 0 Å². The molecule has 0 bridgehead atoms. The fourth-order valence-corrected chi connectivity index (χ4v) is 4.94. The quantitative estimate of drug-likeness (QED) is 0.539. The van der Waals surface area contributed by atoms with Crippen molar-refractivity contribution in [3.8, 4) is 0 Å². The molecule has 0 amide bonds. The van der Waals surface area contributed by atoms with Gasteiger partial charge in [0.1, 0.15) is 4.71 Å². The Labute approximate surface area is 88.3 Å². The maximum absolute atomic E-state index is 11.3. The summed E-state index contributed by atoms with van der Waals surface area (Å²) in [7, 11) is -2.02. The van der Waals surface area contributed by atoms with Gasteiger partial charge in [-0.25, -0.2) is 0 Å². The van der Waals surface area contributed by atoms with Crippen molar-refractivity contribution in [1.82, 2.24) is 0 Å². The first kappa shape index (κ1) is 12.9. The summed E-state index contributed by atoms with van der Waals surface area (Å²) in [6.45, 7) is 6.77. The third-order valence-corrected chi connectivity index (χ3v) is 6.32. The highest BCUT2D eigenvalue weighted by Crippen LogP contribution is 2.12. The molecule has 0 N–H and O–H groups in total. The van der Waals surface area contributed by atoms with Crippen LogP contribution in [0.1, 0.15) is 0 Å². The molecule has 2 unspecified atom stereocenters. The Hall–Kier alpha value is 0.947. The fourth-order valence-electron chi connectivity index (χ4n) is 0.605. The van der Waals surface area contributed by atoms with E-state index in [-0.39, 0.29) is 10.6 Å². The van der Waals surface area contributed by atoms with E-state index in [0.717, 1.165) is 6.04 Å². The van der Waals surface area contributed by atoms with Crippen LogP contribution < -0.4 is 0 Å². The molecule has 0 saturated heterocycles. The molecule has 1 nitrogen and oxygen atoms in total. The van der Waals surface area contributed by atoms with Crippen molar-refractivity contribution < 1.29 is 4.21 Å². The first-order chi connectivity index (χ1) is 5.37. The van der Waals surface area contributed by atoms with Crippen LogP contribution in [0.5, 0.6) is 0 Å². The van der Waals surface area contributed by atoms with E-state index < -0.39 is 18.9 Å². The molecule has 74 valence electrons. The third kappa shape index (κ3) is 6.46. The second-order valence-corrected chi connectivity index (χ2v) is 12.4. The highest BCUT2D eigenvalue weighted by Gasteiger charge is 2.17. The third-order valence-electron chi connectivity index (χ3n) is 1.46. The molecule has 0 aromatic rings. The summed E-state index contributed by atoms with van der Waals surface area (Å²) in [5.74, 6) is 0.983. The zero-order chi connectivity index (χ0) is 9.78. The summed E-state index contributed by atoms with van der Waals surface area (Å²) < 4.78 is 11.0. The van der Waals surface area contributed by atoms with E-state index in [1.807, 2.05) is 0 Å². The van der Waals surface area contributed by atoms with E-state index in [0.29, 0.717) is 5.75 Å². The summed E-state index contributed by atoms with van der Waals surface area (Å²) >= 11 is 11.2. The predicted molar refractivity (Wildman–Crippen MR) is 61.5 cm³/mol. The van der Waals surface area contributed by atoms with Gasteiger partial charge in [0.05, 0.1) is 5.88 Å². The molecular formula is C7H16Cl2OSSi. The van der Waals surface area contributed by atoms with E-state index >= 15 is 0 Å². The Bertz CT molecular complexity index is 158. The standard InChI is InChI=1S/C7H16Cl2OSSi/c1-12(2,3)5-4-11(10)7(9)6-8/h7H,4-6H2,1-3H3. The molecule has 0 aromatic heterocycles. The van der Waals surface area contributed by atoms with E-state index in [1.54, 1.807) is 0 Å². The summed E-state index contributed by atoms with van der Waals surface area (Å²) in [4.78, 5) is 0. The minimum Gasteiger partial charge on any atom is -0.258 e. The predicted octanol–water partition coefficient (Wildman–Crippen LogP) is 2.88. The molecule has 0 spiro atoms. The number of hydrogen-bond acceptors (Lipinski definition) is 1. The molecular weight excluding hydrogens is 231 g/mol. The van der Waals surface area contributed by atoms with Gasteiger partial charge in [-0.05, 0) is 6.04 Å². The Morgan fingerprint density at radius 2 is 1.92 bits per heavy atom. The van der Waals surface area contributed by atoms with Crippen molar-refractivity contribution in [2.24, 2.45) is 0 Å². The largest absolute Gasteiger partial charge is 0.258 e. The van der Waals surface area contributed by atoms with Crippen molar-refractivity contribution >= 4 is 42.1 Å².